The Hall–Kier alpha value is -2.22. The molecular formula is C14H18N2O3. The summed E-state index contributed by atoms with van der Waals surface area (Å²) < 4.78 is 10.4. The van der Waals surface area contributed by atoms with Gasteiger partial charge in [-0.25, -0.2) is 0 Å². The van der Waals surface area contributed by atoms with Crippen LogP contribution >= 0.6 is 0 Å². The third kappa shape index (κ3) is 4.18. The number of ether oxygens (including phenoxy) is 2. The summed E-state index contributed by atoms with van der Waals surface area (Å²) in [5.41, 5.74) is 0.899. The van der Waals surface area contributed by atoms with Gasteiger partial charge in [0.25, 0.3) is 0 Å². The predicted molar refractivity (Wildman–Crippen MR) is 70.9 cm³/mol. The molecule has 1 aromatic carbocycles. The summed E-state index contributed by atoms with van der Waals surface area (Å²) in [5.74, 6) is 1.33. The van der Waals surface area contributed by atoms with Crippen molar-refractivity contribution in [2.45, 2.75) is 19.4 Å². The average molecular weight is 262 g/mol. The summed E-state index contributed by atoms with van der Waals surface area (Å²) in [6.45, 7) is 0.442. The molecule has 1 rings (SSSR count). The molecule has 0 bridgehead atoms. The zero-order valence-corrected chi connectivity index (χ0v) is 11.5. The molecule has 0 radical (unpaired) electrons. The van der Waals surface area contributed by atoms with E-state index in [-0.39, 0.29) is 18.7 Å². The Balaban J connectivity index is 2.76. The Morgan fingerprint density at radius 1 is 1.37 bits per heavy atom. The lowest BCUT2D eigenvalue weighted by Crippen LogP contribution is -2.26. The molecule has 0 aromatic heterocycles. The van der Waals surface area contributed by atoms with Gasteiger partial charge >= 0.3 is 0 Å². The maximum atomic E-state index is 11.7. The van der Waals surface area contributed by atoms with Crippen LogP contribution in [0.1, 0.15) is 18.4 Å². The third-order valence-electron chi connectivity index (χ3n) is 2.78. The maximum absolute atomic E-state index is 11.7. The van der Waals surface area contributed by atoms with Gasteiger partial charge in [0.1, 0.15) is 11.5 Å². The largest absolute Gasteiger partial charge is 0.497 e. The standard InChI is InChI=1S/C14H18N2O3/c1-16(14(17)5-4-8-15)10-11-6-7-12(18-2)9-13(11)19-3/h6-7,9H,4-5,10H2,1-3H3. The molecule has 0 aliphatic carbocycles. The molecule has 1 aromatic rings. The molecule has 0 atom stereocenters. The van der Waals surface area contributed by atoms with Crippen molar-refractivity contribution in [2.75, 3.05) is 21.3 Å². The van der Waals surface area contributed by atoms with Gasteiger partial charge in [0.2, 0.25) is 5.91 Å². The summed E-state index contributed by atoms with van der Waals surface area (Å²) >= 11 is 0. The minimum atomic E-state index is -0.0561. The SMILES string of the molecule is COc1ccc(CN(C)C(=O)CCC#N)c(OC)c1. The second-order valence-electron chi connectivity index (χ2n) is 4.09. The molecule has 5 nitrogen and oxygen atoms in total. The Bertz CT molecular complexity index is 480. The van der Waals surface area contributed by atoms with Crippen molar-refractivity contribution >= 4 is 5.91 Å². The van der Waals surface area contributed by atoms with E-state index in [9.17, 15) is 4.79 Å². The summed E-state index contributed by atoms with van der Waals surface area (Å²) in [7, 11) is 4.88. The smallest absolute Gasteiger partial charge is 0.223 e. The first-order valence-electron chi connectivity index (χ1n) is 5.94. The number of benzene rings is 1. The highest BCUT2D eigenvalue weighted by Gasteiger charge is 2.12. The van der Waals surface area contributed by atoms with Crippen LogP contribution in [0.2, 0.25) is 0 Å². The lowest BCUT2D eigenvalue weighted by Gasteiger charge is -2.18. The van der Waals surface area contributed by atoms with Crippen LogP contribution in [0.25, 0.3) is 0 Å². The molecule has 0 saturated carbocycles. The van der Waals surface area contributed by atoms with Crippen molar-refractivity contribution < 1.29 is 14.3 Å². The lowest BCUT2D eigenvalue weighted by atomic mass is 10.1. The molecule has 0 aliphatic heterocycles. The van der Waals surface area contributed by atoms with Crippen LogP contribution in [-0.2, 0) is 11.3 Å². The quantitative estimate of drug-likeness (QED) is 0.786. The average Bonchev–Trinajstić information content (AvgIpc) is 2.44. The van der Waals surface area contributed by atoms with Crippen LogP contribution in [0.15, 0.2) is 18.2 Å². The molecule has 0 N–H and O–H groups in total. The Morgan fingerprint density at radius 2 is 2.11 bits per heavy atom. The van der Waals surface area contributed by atoms with Gasteiger partial charge in [-0.05, 0) is 12.1 Å². The number of nitriles is 1. The van der Waals surface area contributed by atoms with Crippen LogP contribution in [0.3, 0.4) is 0 Å². The fraction of sp³-hybridized carbons (Fsp3) is 0.429. The molecule has 0 fully saturated rings. The Kier molecular flexibility index (Phi) is 5.68. The summed E-state index contributed by atoms with van der Waals surface area (Å²) in [6, 6.07) is 7.44. The van der Waals surface area contributed by atoms with Crippen LogP contribution in [-0.4, -0.2) is 32.1 Å². The Morgan fingerprint density at radius 3 is 2.68 bits per heavy atom. The molecule has 1 amide bonds. The number of methoxy groups -OCH3 is 2. The molecule has 102 valence electrons. The Labute approximate surface area is 113 Å². The topological polar surface area (TPSA) is 62.6 Å². The van der Waals surface area contributed by atoms with E-state index in [0.717, 1.165) is 5.56 Å². The van der Waals surface area contributed by atoms with E-state index in [0.29, 0.717) is 18.0 Å². The number of carbonyl (C=O) groups is 1. The van der Waals surface area contributed by atoms with Gasteiger partial charge in [0, 0.05) is 38.1 Å². The van der Waals surface area contributed by atoms with Crippen LogP contribution in [0, 0.1) is 11.3 Å². The van der Waals surface area contributed by atoms with Gasteiger partial charge in [0.05, 0.1) is 20.3 Å². The zero-order chi connectivity index (χ0) is 14.3. The first kappa shape index (κ1) is 14.8. The van der Waals surface area contributed by atoms with E-state index >= 15 is 0 Å². The monoisotopic (exact) mass is 262 g/mol. The van der Waals surface area contributed by atoms with Crippen molar-refractivity contribution in [1.29, 1.82) is 5.26 Å². The van der Waals surface area contributed by atoms with Gasteiger partial charge in [-0.15, -0.1) is 0 Å². The highest BCUT2D eigenvalue weighted by molar-refractivity contribution is 5.76. The van der Waals surface area contributed by atoms with Crippen LogP contribution in [0.5, 0.6) is 11.5 Å². The number of hydrogen-bond donors (Lipinski definition) is 0. The number of carbonyl (C=O) groups excluding carboxylic acids is 1. The van der Waals surface area contributed by atoms with Crippen molar-refractivity contribution in [3.8, 4) is 17.6 Å². The van der Waals surface area contributed by atoms with Crippen molar-refractivity contribution in [2.24, 2.45) is 0 Å². The summed E-state index contributed by atoms with van der Waals surface area (Å²) in [5, 5.41) is 8.47. The van der Waals surface area contributed by atoms with Crippen LogP contribution in [0.4, 0.5) is 0 Å². The first-order chi connectivity index (χ1) is 9.12. The summed E-state index contributed by atoms with van der Waals surface area (Å²) in [6.07, 6.45) is 0.481. The van der Waals surface area contributed by atoms with Gasteiger partial charge in [0.15, 0.2) is 0 Å². The van der Waals surface area contributed by atoms with Crippen molar-refractivity contribution in [1.82, 2.24) is 4.90 Å². The van der Waals surface area contributed by atoms with Crippen LogP contribution < -0.4 is 9.47 Å². The fourth-order valence-electron chi connectivity index (χ4n) is 1.68. The minimum absolute atomic E-state index is 0.0561. The van der Waals surface area contributed by atoms with Gasteiger partial charge in [-0.1, -0.05) is 0 Å². The predicted octanol–water partition coefficient (Wildman–Crippen LogP) is 1.97. The maximum Gasteiger partial charge on any atom is 0.223 e. The third-order valence-corrected chi connectivity index (χ3v) is 2.78. The van der Waals surface area contributed by atoms with Gasteiger partial charge in [-0.2, -0.15) is 5.26 Å². The number of hydrogen-bond acceptors (Lipinski definition) is 4. The summed E-state index contributed by atoms with van der Waals surface area (Å²) in [4.78, 5) is 13.3. The molecule has 19 heavy (non-hydrogen) atoms. The molecule has 0 aliphatic rings. The van der Waals surface area contributed by atoms with E-state index in [1.54, 1.807) is 32.2 Å². The lowest BCUT2D eigenvalue weighted by molar-refractivity contribution is -0.130. The van der Waals surface area contributed by atoms with E-state index < -0.39 is 0 Å². The zero-order valence-electron chi connectivity index (χ0n) is 11.5. The second-order valence-corrected chi connectivity index (χ2v) is 4.09. The molecule has 5 heteroatoms. The van der Waals surface area contributed by atoms with Crippen molar-refractivity contribution in [3.63, 3.8) is 0 Å². The normalized spacial score (nSPS) is 9.58. The molecule has 0 spiro atoms. The van der Waals surface area contributed by atoms with Gasteiger partial charge in [-0.3, -0.25) is 4.79 Å². The molecule has 0 heterocycles. The first-order valence-corrected chi connectivity index (χ1v) is 5.94. The van der Waals surface area contributed by atoms with E-state index in [1.807, 2.05) is 18.2 Å². The minimum Gasteiger partial charge on any atom is -0.497 e. The van der Waals surface area contributed by atoms with E-state index in [2.05, 4.69) is 0 Å². The number of nitrogens with zero attached hydrogens (tertiary/aromatic N) is 2. The van der Waals surface area contributed by atoms with E-state index in [1.165, 1.54) is 0 Å². The molecular weight excluding hydrogens is 244 g/mol. The van der Waals surface area contributed by atoms with Gasteiger partial charge < -0.3 is 14.4 Å². The highest BCUT2D eigenvalue weighted by Crippen LogP contribution is 2.25. The molecule has 0 saturated heterocycles. The fourth-order valence-corrected chi connectivity index (χ4v) is 1.68. The highest BCUT2D eigenvalue weighted by atomic mass is 16.5. The molecule has 0 unspecified atom stereocenters. The number of rotatable bonds is 6. The van der Waals surface area contributed by atoms with E-state index in [4.69, 9.17) is 14.7 Å². The number of amides is 1. The second kappa shape index (κ2) is 7.27. The van der Waals surface area contributed by atoms with Crippen molar-refractivity contribution in [3.05, 3.63) is 23.8 Å².